The van der Waals surface area contributed by atoms with Crippen LogP contribution in [0.15, 0.2) is 33.4 Å². The van der Waals surface area contributed by atoms with Crippen molar-refractivity contribution in [1.82, 2.24) is 9.88 Å². The van der Waals surface area contributed by atoms with Gasteiger partial charge in [-0.25, -0.2) is 4.98 Å². The lowest BCUT2D eigenvalue weighted by molar-refractivity contribution is 0.0779. The summed E-state index contributed by atoms with van der Waals surface area (Å²) in [7, 11) is 1.75. The van der Waals surface area contributed by atoms with Crippen molar-refractivity contribution in [3.05, 3.63) is 49.8 Å². The Kier molecular flexibility index (Phi) is 4.37. The van der Waals surface area contributed by atoms with Crippen molar-refractivity contribution in [3.63, 3.8) is 0 Å². The first-order valence-electron chi connectivity index (χ1n) is 5.17. The van der Waals surface area contributed by atoms with E-state index < -0.39 is 0 Å². The van der Waals surface area contributed by atoms with Crippen molar-refractivity contribution in [2.45, 2.75) is 6.54 Å². The predicted octanol–water partition coefficient (Wildman–Crippen LogP) is 3.83. The monoisotopic (exact) mass is 344 g/mol. The number of pyridine rings is 1. The first kappa shape index (κ1) is 13.5. The van der Waals surface area contributed by atoms with Crippen molar-refractivity contribution >= 4 is 44.8 Å². The molecule has 0 radical (unpaired) electrons. The van der Waals surface area contributed by atoms with Gasteiger partial charge in [-0.1, -0.05) is 17.7 Å². The largest absolute Gasteiger partial charge is 0.336 e. The molecular weight excluding hydrogens is 336 g/mol. The van der Waals surface area contributed by atoms with Crippen molar-refractivity contribution < 1.29 is 4.79 Å². The molecule has 0 saturated carbocycles. The standard InChI is InChI=1S/C12H10BrClN2OS/c1-16(6-8-5-10(13)18-7-8)12(17)9-3-2-4-11(14)15-9/h2-5,7H,6H2,1H3. The molecule has 0 N–H and O–H groups in total. The van der Waals surface area contributed by atoms with Crippen LogP contribution in [0.4, 0.5) is 0 Å². The summed E-state index contributed by atoms with van der Waals surface area (Å²) >= 11 is 10.8. The van der Waals surface area contributed by atoms with Gasteiger partial charge in [-0.05, 0) is 45.1 Å². The van der Waals surface area contributed by atoms with E-state index in [9.17, 15) is 4.79 Å². The van der Waals surface area contributed by atoms with E-state index >= 15 is 0 Å². The molecule has 1 amide bonds. The maximum absolute atomic E-state index is 12.1. The zero-order valence-electron chi connectivity index (χ0n) is 9.56. The molecule has 0 fully saturated rings. The quantitative estimate of drug-likeness (QED) is 0.792. The second-order valence-electron chi connectivity index (χ2n) is 3.77. The van der Waals surface area contributed by atoms with Crippen LogP contribution in [0, 0.1) is 0 Å². The van der Waals surface area contributed by atoms with E-state index in [1.165, 1.54) is 0 Å². The van der Waals surface area contributed by atoms with Gasteiger partial charge in [-0.2, -0.15) is 0 Å². The minimum absolute atomic E-state index is 0.139. The topological polar surface area (TPSA) is 33.2 Å². The van der Waals surface area contributed by atoms with E-state index in [1.54, 1.807) is 41.5 Å². The van der Waals surface area contributed by atoms with Gasteiger partial charge < -0.3 is 4.90 Å². The van der Waals surface area contributed by atoms with E-state index in [4.69, 9.17) is 11.6 Å². The van der Waals surface area contributed by atoms with Gasteiger partial charge >= 0.3 is 0 Å². The highest BCUT2D eigenvalue weighted by molar-refractivity contribution is 9.11. The SMILES string of the molecule is CN(Cc1csc(Br)c1)C(=O)c1cccc(Cl)n1. The number of nitrogens with zero attached hydrogens (tertiary/aromatic N) is 2. The van der Waals surface area contributed by atoms with E-state index in [1.807, 2.05) is 11.4 Å². The van der Waals surface area contributed by atoms with E-state index in [0.29, 0.717) is 17.4 Å². The van der Waals surface area contributed by atoms with Gasteiger partial charge in [0.05, 0.1) is 3.79 Å². The minimum atomic E-state index is -0.139. The molecule has 2 heterocycles. The van der Waals surface area contributed by atoms with Crippen LogP contribution in [-0.4, -0.2) is 22.8 Å². The Hall–Kier alpha value is -0.910. The molecule has 2 rings (SSSR count). The molecule has 0 spiro atoms. The van der Waals surface area contributed by atoms with Gasteiger partial charge in [0.1, 0.15) is 10.8 Å². The number of halogens is 2. The molecule has 0 unspecified atom stereocenters. The lowest BCUT2D eigenvalue weighted by Crippen LogP contribution is -2.26. The van der Waals surface area contributed by atoms with Gasteiger partial charge in [0.15, 0.2) is 0 Å². The second kappa shape index (κ2) is 5.82. The molecule has 0 aromatic carbocycles. The fourth-order valence-electron chi connectivity index (χ4n) is 1.50. The van der Waals surface area contributed by atoms with Crippen LogP contribution in [0.25, 0.3) is 0 Å². The fourth-order valence-corrected chi connectivity index (χ4v) is 2.86. The number of aromatic nitrogens is 1. The summed E-state index contributed by atoms with van der Waals surface area (Å²) in [6.45, 7) is 0.551. The van der Waals surface area contributed by atoms with Gasteiger partial charge in [0.25, 0.3) is 5.91 Å². The molecule has 0 saturated heterocycles. The average Bonchev–Trinajstić information content (AvgIpc) is 2.73. The first-order valence-corrected chi connectivity index (χ1v) is 7.22. The summed E-state index contributed by atoms with van der Waals surface area (Å²) in [5.41, 5.74) is 1.45. The third-order valence-electron chi connectivity index (χ3n) is 2.32. The summed E-state index contributed by atoms with van der Waals surface area (Å²) in [6, 6.07) is 7.03. The zero-order chi connectivity index (χ0) is 13.1. The van der Waals surface area contributed by atoms with Crippen LogP contribution < -0.4 is 0 Å². The summed E-state index contributed by atoms with van der Waals surface area (Å²) < 4.78 is 1.05. The minimum Gasteiger partial charge on any atom is -0.336 e. The Labute approximate surface area is 123 Å². The van der Waals surface area contributed by atoms with Gasteiger partial charge in [0, 0.05) is 13.6 Å². The van der Waals surface area contributed by atoms with Crippen molar-refractivity contribution in [3.8, 4) is 0 Å². The number of carbonyl (C=O) groups is 1. The molecule has 94 valence electrons. The number of hydrogen-bond donors (Lipinski definition) is 0. The van der Waals surface area contributed by atoms with Crippen molar-refractivity contribution in [1.29, 1.82) is 0 Å². The number of amides is 1. The predicted molar refractivity (Wildman–Crippen MR) is 77.1 cm³/mol. The molecule has 6 heteroatoms. The Morgan fingerprint density at radius 2 is 2.33 bits per heavy atom. The number of carbonyl (C=O) groups excluding carboxylic acids is 1. The highest BCUT2D eigenvalue weighted by Crippen LogP contribution is 2.21. The Morgan fingerprint density at radius 1 is 1.56 bits per heavy atom. The number of hydrogen-bond acceptors (Lipinski definition) is 3. The molecule has 0 atom stereocenters. The second-order valence-corrected chi connectivity index (χ2v) is 6.44. The molecular formula is C12H10BrClN2OS. The van der Waals surface area contributed by atoms with E-state index in [2.05, 4.69) is 20.9 Å². The molecule has 0 aliphatic carbocycles. The Bertz CT molecular complexity index is 573. The lowest BCUT2D eigenvalue weighted by atomic mass is 10.3. The fraction of sp³-hybridized carbons (Fsp3) is 0.167. The van der Waals surface area contributed by atoms with Gasteiger partial charge in [-0.3, -0.25) is 4.79 Å². The number of rotatable bonds is 3. The average molecular weight is 346 g/mol. The maximum atomic E-state index is 12.1. The molecule has 18 heavy (non-hydrogen) atoms. The Morgan fingerprint density at radius 3 is 2.94 bits per heavy atom. The van der Waals surface area contributed by atoms with E-state index in [-0.39, 0.29) is 5.91 Å². The van der Waals surface area contributed by atoms with Crippen LogP contribution >= 0.6 is 38.9 Å². The molecule has 0 aliphatic heterocycles. The summed E-state index contributed by atoms with van der Waals surface area (Å²) in [6.07, 6.45) is 0. The van der Waals surface area contributed by atoms with Gasteiger partial charge in [-0.15, -0.1) is 11.3 Å². The smallest absolute Gasteiger partial charge is 0.272 e. The van der Waals surface area contributed by atoms with Crippen molar-refractivity contribution in [2.24, 2.45) is 0 Å². The van der Waals surface area contributed by atoms with Crippen LogP contribution in [-0.2, 0) is 6.54 Å². The zero-order valence-corrected chi connectivity index (χ0v) is 12.7. The summed E-state index contributed by atoms with van der Waals surface area (Å²) in [5.74, 6) is -0.139. The third kappa shape index (κ3) is 3.31. The summed E-state index contributed by atoms with van der Waals surface area (Å²) in [4.78, 5) is 17.7. The van der Waals surface area contributed by atoms with Crippen LogP contribution in [0.2, 0.25) is 5.15 Å². The summed E-state index contributed by atoms with van der Waals surface area (Å²) in [5, 5.41) is 2.34. The van der Waals surface area contributed by atoms with Crippen LogP contribution in [0.1, 0.15) is 16.1 Å². The highest BCUT2D eigenvalue weighted by Gasteiger charge is 2.14. The number of thiophene rings is 1. The maximum Gasteiger partial charge on any atom is 0.272 e. The molecule has 3 nitrogen and oxygen atoms in total. The molecule has 0 aliphatic rings. The third-order valence-corrected chi connectivity index (χ3v) is 4.09. The van der Waals surface area contributed by atoms with Gasteiger partial charge in [0.2, 0.25) is 0 Å². The first-order chi connectivity index (χ1) is 8.56. The normalized spacial score (nSPS) is 10.4. The molecule has 0 bridgehead atoms. The van der Waals surface area contributed by atoms with Crippen LogP contribution in [0.5, 0.6) is 0 Å². The highest BCUT2D eigenvalue weighted by atomic mass is 79.9. The van der Waals surface area contributed by atoms with E-state index in [0.717, 1.165) is 9.35 Å². The molecule has 2 aromatic heterocycles. The Balaban J connectivity index is 2.09. The van der Waals surface area contributed by atoms with Crippen molar-refractivity contribution in [2.75, 3.05) is 7.05 Å². The van der Waals surface area contributed by atoms with Crippen LogP contribution in [0.3, 0.4) is 0 Å². The molecule has 2 aromatic rings. The lowest BCUT2D eigenvalue weighted by Gasteiger charge is -2.15.